The molecule has 1 atom stereocenters. The van der Waals surface area contributed by atoms with Crippen molar-refractivity contribution < 1.29 is 19.1 Å². The van der Waals surface area contributed by atoms with Crippen molar-refractivity contribution >= 4 is 34.8 Å². The Labute approximate surface area is 160 Å². The van der Waals surface area contributed by atoms with Crippen LogP contribution in [0.1, 0.15) is 34.1 Å². The van der Waals surface area contributed by atoms with Gasteiger partial charge in [0.1, 0.15) is 0 Å². The summed E-state index contributed by atoms with van der Waals surface area (Å²) in [5.74, 6) is -0.253. The van der Waals surface area contributed by atoms with E-state index in [2.05, 4.69) is 6.07 Å². The van der Waals surface area contributed by atoms with E-state index in [0.29, 0.717) is 12.1 Å². The zero-order chi connectivity index (χ0) is 18.7. The monoisotopic (exact) mass is 394 g/mol. The summed E-state index contributed by atoms with van der Waals surface area (Å²) in [7, 11) is 1.45. The van der Waals surface area contributed by atoms with Gasteiger partial charge in [0.2, 0.25) is 0 Å². The Morgan fingerprint density at radius 1 is 1.42 bits per heavy atom. The van der Waals surface area contributed by atoms with Gasteiger partial charge in [0.15, 0.2) is 18.1 Å². The number of halogens is 1. The Balaban J connectivity index is 1.87. The summed E-state index contributed by atoms with van der Waals surface area (Å²) in [4.78, 5) is 27.0. The normalized spacial score (nSPS) is 16.5. The van der Waals surface area contributed by atoms with E-state index < -0.39 is 5.91 Å². The van der Waals surface area contributed by atoms with Crippen LogP contribution < -0.4 is 15.2 Å². The lowest BCUT2D eigenvalue weighted by Gasteiger charge is -2.24. The van der Waals surface area contributed by atoms with Crippen LogP contribution in [-0.2, 0) is 4.79 Å². The van der Waals surface area contributed by atoms with Crippen LogP contribution in [0.15, 0.2) is 29.6 Å². The number of primary amides is 1. The molecule has 2 aromatic rings. The maximum absolute atomic E-state index is 13.1. The summed E-state index contributed by atoms with van der Waals surface area (Å²) < 4.78 is 10.6. The third kappa shape index (κ3) is 3.78. The van der Waals surface area contributed by atoms with Crippen LogP contribution in [0.4, 0.5) is 0 Å². The summed E-state index contributed by atoms with van der Waals surface area (Å²) in [6.45, 7) is 0.372. The summed E-state index contributed by atoms with van der Waals surface area (Å²) in [6, 6.07) is 7.24. The Hall–Kier alpha value is -2.25. The Morgan fingerprint density at radius 3 is 2.88 bits per heavy atom. The molecule has 2 N–H and O–H groups in total. The highest BCUT2D eigenvalue weighted by molar-refractivity contribution is 7.10. The largest absolute Gasteiger partial charge is 0.493 e. The second kappa shape index (κ2) is 7.97. The highest BCUT2D eigenvalue weighted by Gasteiger charge is 2.32. The van der Waals surface area contributed by atoms with Crippen molar-refractivity contribution in [1.29, 1.82) is 0 Å². The number of hydrogen-bond acceptors (Lipinski definition) is 5. The fourth-order valence-electron chi connectivity index (χ4n) is 3.08. The van der Waals surface area contributed by atoms with Crippen LogP contribution >= 0.6 is 22.9 Å². The molecule has 2 heterocycles. The Morgan fingerprint density at radius 2 is 2.23 bits per heavy atom. The van der Waals surface area contributed by atoms with Gasteiger partial charge in [-0.3, -0.25) is 9.59 Å². The standard InChI is InChI=1S/C18H19ClN2O4S/c1-24-14-9-11(8-12(19)17(14)25-10-16(20)22)18(23)21-6-2-4-13(21)15-5-3-7-26-15/h3,5,7-9,13H,2,4,6,10H2,1H3,(H2,20,22). The first-order valence-corrected chi connectivity index (χ1v) is 9.40. The van der Waals surface area contributed by atoms with Crippen molar-refractivity contribution in [2.45, 2.75) is 18.9 Å². The van der Waals surface area contributed by atoms with E-state index in [0.717, 1.165) is 12.8 Å². The van der Waals surface area contributed by atoms with E-state index in [4.69, 9.17) is 26.8 Å². The number of ether oxygens (including phenoxy) is 2. The van der Waals surface area contributed by atoms with Crippen molar-refractivity contribution in [2.24, 2.45) is 5.73 Å². The second-order valence-electron chi connectivity index (χ2n) is 5.92. The number of likely N-dealkylation sites (tertiary alicyclic amines) is 1. The smallest absolute Gasteiger partial charge is 0.255 e. The highest BCUT2D eigenvalue weighted by atomic mass is 35.5. The molecule has 138 valence electrons. The van der Waals surface area contributed by atoms with Gasteiger partial charge in [-0.1, -0.05) is 17.7 Å². The lowest BCUT2D eigenvalue weighted by Crippen LogP contribution is -2.30. The molecule has 1 aromatic heterocycles. The number of methoxy groups -OCH3 is 1. The number of carbonyl (C=O) groups excluding carboxylic acids is 2. The first-order chi connectivity index (χ1) is 12.5. The predicted molar refractivity (Wildman–Crippen MR) is 100 cm³/mol. The first kappa shape index (κ1) is 18.5. The summed E-state index contributed by atoms with van der Waals surface area (Å²) >= 11 is 7.91. The van der Waals surface area contributed by atoms with Crippen molar-refractivity contribution in [3.05, 3.63) is 45.1 Å². The van der Waals surface area contributed by atoms with E-state index in [-0.39, 0.29) is 35.1 Å². The fourth-order valence-corrected chi connectivity index (χ4v) is 4.22. The lowest BCUT2D eigenvalue weighted by atomic mass is 10.1. The molecule has 2 amide bonds. The van der Waals surface area contributed by atoms with Crippen LogP contribution in [0, 0.1) is 0 Å². The van der Waals surface area contributed by atoms with E-state index >= 15 is 0 Å². The minimum atomic E-state index is -0.626. The van der Waals surface area contributed by atoms with Crippen LogP contribution in [0.2, 0.25) is 5.02 Å². The third-order valence-electron chi connectivity index (χ3n) is 4.22. The zero-order valence-corrected chi connectivity index (χ0v) is 15.8. The number of amides is 2. The molecule has 1 aliphatic heterocycles. The van der Waals surface area contributed by atoms with Gasteiger partial charge in [0, 0.05) is 17.0 Å². The van der Waals surface area contributed by atoms with Gasteiger partial charge < -0.3 is 20.1 Å². The number of nitrogens with zero attached hydrogens (tertiary/aromatic N) is 1. The van der Waals surface area contributed by atoms with Crippen LogP contribution in [0.25, 0.3) is 0 Å². The summed E-state index contributed by atoms with van der Waals surface area (Å²) in [5, 5.41) is 2.21. The minimum Gasteiger partial charge on any atom is -0.493 e. The third-order valence-corrected chi connectivity index (χ3v) is 5.47. The van der Waals surface area contributed by atoms with Crippen molar-refractivity contribution in [1.82, 2.24) is 4.90 Å². The molecule has 0 aliphatic carbocycles. The van der Waals surface area contributed by atoms with Crippen molar-refractivity contribution in [3.8, 4) is 11.5 Å². The predicted octanol–water partition coefficient (Wildman–Crippen LogP) is 3.25. The number of carbonyl (C=O) groups is 2. The first-order valence-electron chi connectivity index (χ1n) is 8.14. The SMILES string of the molecule is COc1cc(C(=O)N2CCCC2c2cccs2)cc(Cl)c1OCC(N)=O. The quantitative estimate of drug-likeness (QED) is 0.815. The van der Waals surface area contributed by atoms with Gasteiger partial charge in [-0.25, -0.2) is 0 Å². The van der Waals surface area contributed by atoms with E-state index in [1.807, 2.05) is 16.3 Å². The fraction of sp³-hybridized carbons (Fsp3) is 0.333. The molecule has 1 aliphatic rings. The van der Waals surface area contributed by atoms with Gasteiger partial charge in [0.25, 0.3) is 11.8 Å². The maximum atomic E-state index is 13.1. The molecule has 8 heteroatoms. The molecule has 0 spiro atoms. The van der Waals surface area contributed by atoms with Gasteiger partial charge in [-0.15, -0.1) is 11.3 Å². The number of thiophene rings is 1. The number of rotatable bonds is 6. The molecule has 3 rings (SSSR count). The van der Waals surface area contributed by atoms with Gasteiger partial charge >= 0.3 is 0 Å². The molecule has 1 unspecified atom stereocenters. The molecule has 1 saturated heterocycles. The summed E-state index contributed by atoms with van der Waals surface area (Å²) in [6.07, 6.45) is 1.90. The number of hydrogen-bond donors (Lipinski definition) is 1. The molecule has 6 nitrogen and oxygen atoms in total. The van der Waals surface area contributed by atoms with Gasteiger partial charge in [0.05, 0.1) is 18.2 Å². The van der Waals surface area contributed by atoms with Crippen LogP contribution in [0.3, 0.4) is 0 Å². The molecular formula is C18H19ClN2O4S. The van der Waals surface area contributed by atoms with Crippen molar-refractivity contribution in [2.75, 3.05) is 20.3 Å². The Kier molecular flexibility index (Phi) is 5.68. The number of nitrogens with two attached hydrogens (primary N) is 1. The molecule has 0 saturated carbocycles. The molecule has 26 heavy (non-hydrogen) atoms. The van der Waals surface area contributed by atoms with E-state index in [1.54, 1.807) is 17.4 Å². The lowest BCUT2D eigenvalue weighted by molar-refractivity contribution is -0.119. The minimum absolute atomic E-state index is 0.0815. The molecule has 0 radical (unpaired) electrons. The highest BCUT2D eigenvalue weighted by Crippen LogP contribution is 2.39. The molecule has 1 aromatic carbocycles. The topological polar surface area (TPSA) is 81.9 Å². The Bertz CT molecular complexity index is 810. The number of benzene rings is 1. The van der Waals surface area contributed by atoms with Gasteiger partial charge in [-0.05, 0) is 36.4 Å². The molecule has 1 fully saturated rings. The maximum Gasteiger partial charge on any atom is 0.255 e. The molecule has 0 bridgehead atoms. The summed E-state index contributed by atoms with van der Waals surface area (Å²) in [5.41, 5.74) is 5.52. The van der Waals surface area contributed by atoms with Crippen molar-refractivity contribution in [3.63, 3.8) is 0 Å². The van der Waals surface area contributed by atoms with Crippen LogP contribution in [-0.4, -0.2) is 37.0 Å². The van der Waals surface area contributed by atoms with E-state index in [1.165, 1.54) is 18.1 Å². The average Bonchev–Trinajstić information content (AvgIpc) is 3.29. The van der Waals surface area contributed by atoms with Crippen LogP contribution in [0.5, 0.6) is 11.5 Å². The molecular weight excluding hydrogens is 376 g/mol. The average molecular weight is 395 g/mol. The second-order valence-corrected chi connectivity index (χ2v) is 7.30. The van der Waals surface area contributed by atoms with E-state index in [9.17, 15) is 9.59 Å². The van der Waals surface area contributed by atoms with Gasteiger partial charge in [-0.2, -0.15) is 0 Å². The zero-order valence-electron chi connectivity index (χ0n) is 14.2.